The molecule has 0 heterocycles. The number of carbonyl (C=O) groups is 3. The van der Waals surface area contributed by atoms with Crippen molar-refractivity contribution in [3.05, 3.63) is 60.8 Å². The Morgan fingerprint density at radius 1 is 0.426 bits per heavy atom. The second kappa shape index (κ2) is 50.6. The summed E-state index contributed by atoms with van der Waals surface area (Å²) in [6, 6.07) is 0. The molecule has 0 aromatic heterocycles. The fourth-order valence-corrected chi connectivity index (χ4v) is 8.05. The number of phosphoric acid groups is 1. The molecule has 68 heavy (non-hydrogen) atoms. The van der Waals surface area contributed by atoms with Crippen molar-refractivity contribution in [3.8, 4) is 0 Å². The van der Waals surface area contributed by atoms with Crippen LogP contribution in [0, 0.1) is 0 Å². The van der Waals surface area contributed by atoms with Gasteiger partial charge in [-0.3, -0.25) is 23.4 Å². The Labute approximate surface area is 415 Å². The molecule has 0 aliphatic rings. The molecular weight excluding hydrogens is 880 g/mol. The molecular formula is C56H99O11P. The van der Waals surface area contributed by atoms with Crippen molar-refractivity contribution in [2.75, 3.05) is 26.4 Å². The first-order valence-corrected chi connectivity index (χ1v) is 28.7. The van der Waals surface area contributed by atoms with Crippen molar-refractivity contribution in [3.63, 3.8) is 0 Å². The smallest absolute Gasteiger partial charge is 0.462 e. The summed E-state index contributed by atoms with van der Waals surface area (Å²) in [5.74, 6) is -1.52. The van der Waals surface area contributed by atoms with E-state index in [-0.39, 0.29) is 25.9 Å². The van der Waals surface area contributed by atoms with Crippen LogP contribution in [0.15, 0.2) is 60.8 Å². The van der Waals surface area contributed by atoms with Crippen molar-refractivity contribution in [1.82, 2.24) is 0 Å². The molecule has 11 nitrogen and oxygen atoms in total. The molecule has 0 aromatic rings. The highest BCUT2D eigenvalue weighted by Crippen LogP contribution is 2.43. The van der Waals surface area contributed by atoms with Crippen LogP contribution >= 0.6 is 7.82 Å². The van der Waals surface area contributed by atoms with Gasteiger partial charge in [0.05, 0.1) is 19.8 Å². The van der Waals surface area contributed by atoms with E-state index < -0.39 is 57.8 Å². The van der Waals surface area contributed by atoms with E-state index in [0.717, 1.165) is 96.3 Å². The largest absolute Gasteiger partial charge is 0.472 e. The summed E-state index contributed by atoms with van der Waals surface area (Å²) in [7, 11) is -4.75. The van der Waals surface area contributed by atoms with Gasteiger partial charge < -0.3 is 24.2 Å². The van der Waals surface area contributed by atoms with E-state index in [2.05, 4.69) is 81.5 Å². The van der Waals surface area contributed by atoms with Crippen molar-refractivity contribution >= 4 is 25.7 Å². The lowest BCUT2D eigenvalue weighted by Crippen LogP contribution is -2.30. The number of rotatable bonds is 50. The topological polar surface area (TPSA) is 155 Å². The number of unbranched alkanes of at least 4 members (excludes halogenated alkanes) is 23. The van der Waals surface area contributed by atoms with Crippen molar-refractivity contribution < 1.29 is 52.2 Å². The summed E-state index contributed by atoms with van der Waals surface area (Å²) < 4.78 is 39.3. The molecule has 3 unspecified atom stereocenters. The van der Waals surface area contributed by atoms with Crippen LogP contribution in [0.3, 0.4) is 0 Å². The van der Waals surface area contributed by atoms with E-state index in [1.165, 1.54) is 83.5 Å². The van der Waals surface area contributed by atoms with Crippen LogP contribution in [0.2, 0.25) is 0 Å². The fraction of sp³-hybridized carbons (Fsp3) is 0.768. The average molecular weight is 979 g/mol. The Balaban J connectivity index is 4.74. The van der Waals surface area contributed by atoms with Crippen molar-refractivity contribution in [2.24, 2.45) is 0 Å². The second-order valence-corrected chi connectivity index (χ2v) is 19.5. The Bertz CT molecular complexity index is 1370. The van der Waals surface area contributed by atoms with Crippen LogP contribution in [0.1, 0.15) is 239 Å². The van der Waals surface area contributed by atoms with Gasteiger partial charge in [-0.05, 0) is 77.0 Å². The number of phosphoric ester groups is 1. The Hall–Kier alpha value is -2.82. The zero-order valence-electron chi connectivity index (χ0n) is 43.3. The van der Waals surface area contributed by atoms with E-state index in [1.807, 2.05) is 0 Å². The van der Waals surface area contributed by atoms with Gasteiger partial charge in [0.15, 0.2) is 6.10 Å². The van der Waals surface area contributed by atoms with Crippen LogP contribution < -0.4 is 0 Å². The minimum atomic E-state index is -4.75. The van der Waals surface area contributed by atoms with Gasteiger partial charge in [0.25, 0.3) is 0 Å². The molecule has 0 radical (unpaired) electrons. The first-order valence-electron chi connectivity index (χ1n) is 27.2. The van der Waals surface area contributed by atoms with E-state index in [1.54, 1.807) is 0 Å². The summed E-state index contributed by atoms with van der Waals surface area (Å²) in [4.78, 5) is 48.3. The zero-order valence-corrected chi connectivity index (χ0v) is 44.2. The maximum Gasteiger partial charge on any atom is 0.472 e. The zero-order chi connectivity index (χ0) is 49.9. The monoisotopic (exact) mass is 979 g/mol. The molecule has 394 valence electrons. The van der Waals surface area contributed by atoms with Crippen LogP contribution in [0.4, 0.5) is 0 Å². The number of carbonyl (C=O) groups excluding carboxylic acids is 3. The lowest BCUT2D eigenvalue weighted by atomic mass is 10.0. The van der Waals surface area contributed by atoms with Gasteiger partial charge in [-0.25, -0.2) is 4.57 Å². The lowest BCUT2D eigenvalue weighted by molar-refractivity contribution is -0.161. The number of allylic oxidation sites excluding steroid dienone is 10. The highest BCUT2D eigenvalue weighted by atomic mass is 31.2. The average Bonchev–Trinajstić information content (AvgIpc) is 3.32. The SMILES string of the molecule is CC/C=C\C/C=C\C/C=C\C/C=C\CCCCC(=O)OC(COC(=O)CCCCCCC/C=C\CCCC)COP(=O)(O)OCC(CO)OC(=O)CCCCCCCCCCCCCCCCC. The van der Waals surface area contributed by atoms with E-state index >= 15 is 0 Å². The normalized spacial score (nSPS) is 13.9. The molecule has 0 fully saturated rings. The van der Waals surface area contributed by atoms with Gasteiger partial charge in [-0.2, -0.15) is 0 Å². The van der Waals surface area contributed by atoms with Gasteiger partial charge in [-0.15, -0.1) is 0 Å². The van der Waals surface area contributed by atoms with Crippen molar-refractivity contribution in [1.29, 1.82) is 0 Å². The predicted molar refractivity (Wildman–Crippen MR) is 279 cm³/mol. The molecule has 2 N–H and O–H groups in total. The number of hydrogen-bond acceptors (Lipinski definition) is 10. The quantitative estimate of drug-likeness (QED) is 0.0197. The standard InChI is InChI=1S/C56H99O11P/c1-4-7-10-13-16-19-22-24-26-28-31-34-37-40-43-46-55(59)66-52(48-57)50-64-68(61,62)65-51-53(49-63-54(58)45-42-39-36-33-30-21-18-15-12-9-6-3)67-56(60)47-44-41-38-35-32-29-27-25-23-20-17-14-11-8-5-2/h8,11,15,17-18,20,25,27,32,35,52-53,57H,4-7,9-10,12-14,16,19,21-24,26,28-31,33-34,36-51H2,1-3H3,(H,61,62)/b11-8-,18-15-,20-17-,27-25-,35-32-. The minimum absolute atomic E-state index is 0.114. The summed E-state index contributed by atoms with van der Waals surface area (Å²) in [5, 5.41) is 9.79. The highest BCUT2D eigenvalue weighted by Gasteiger charge is 2.28. The summed E-state index contributed by atoms with van der Waals surface area (Å²) in [6.45, 7) is 4.44. The van der Waals surface area contributed by atoms with E-state index in [9.17, 15) is 28.9 Å². The number of esters is 3. The molecule has 0 rings (SSSR count). The number of aliphatic hydroxyl groups is 1. The molecule has 0 saturated heterocycles. The molecule has 0 aliphatic carbocycles. The Kier molecular flexibility index (Phi) is 48.5. The number of ether oxygens (including phenoxy) is 3. The number of hydrogen-bond donors (Lipinski definition) is 2. The van der Waals surface area contributed by atoms with Gasteiger partial charge in [0.1, 0.15) is 12.7 Å². The maximum atomic E-state index is 12.9. The predicted octanol–water partition coefficient (Wildman–Crippen LogP) is 15.6. The van der Waals surface area contributed by atoms with Crippen LogP contribution in [0.25, 0.3) is 0 Å². The third-order valence-electron chi connectivity index (χ3n) is 11.4. The maximum absolute atomic E-state index is 12.9. The molecule has 0 bridgehead atoms. The first kappa shape index (κ1) is 65.2. The van der Waals surface area contributed by atoms with Crippen LogP contribution in [0.5, 0.6) is 0 Å². The molecule has 0 saturated carbocycles. The lowest BCUT2D eigenvalue weighted by Gasteiger charge is -2.21. The number of aliphatic hydroxyl groups excluding tert-OH is 1. The summed E-state index contributed by atoms with van der Waals surface area (Å²) in [5.41, 5.74) is 0. The minimum Gasteiger partial charge on any atom is -0.462 e. The van der Waals surface area contributed by atoms with E-state index in [4.69, 9.17) is 23.3 Å². The van der Waals surface area contributed by atoms with Crippen LogP contribution in [-0.2, 0) is 42.2 Å². The molecule has 3 atom stereocenters. The van der Waals surface area contributed by atoms with Gasteiger partial charge in [0, 0.05) is 19.3 Å². The third kappa shape index (κ3) is 48.2. The van der Waals surface area contributed by atoms with Crippen molar-refractivity contribution in [2.45, 2.75) is 251 Å². The summed E-state index contributed by atoms with van der Waals surface area (Å²) >= 11 is 0. The van der Waals surface area contributed by atoms with Gasteiger partial charge in [0.2, 0.25) is 0 Å². The Morgan fingerprint density at radius 2 is 0.779 bits per heavy atom. The highest BCUT2D eigenvalue weighted by molar-refractivity contribution is 7.47. The molecule has 0 aliphatic heterocycles. The van der Waals surface area contributed by atoms with Crippen LogP contribution in [-0.4, -0.2) is 66.5 Å². The molecule has 12 heteroatoms. The summed E-state index contributed by atoms with van der Waals surface area (Å²) in [6.07, 6.45) is 53.3. The second-order valence-electron chi connectivity index (χ2n) is 18.0. The molecule has 0 amide bonds. The Morgan fingerprint density at radius 3 is 1.26 bits per heavy atom. The van der Waals surface area contributed by atoms with Gasteiger partial charge >= 0.3 is 25.7 Å². The van der Waals surface area contributed by atoms with E-state index in [0.29, 0.717) is 19.3 Å². The molecule has 0 aromatic carbocycles. The first-order chi connectivity index (χ1) is 33.2. The molecule has 0 spiro atoms. The third-order valence-corrected chi connectivity index (χ3v) is 12.4. The fourth-order valence-electron chi connectivity index (χ4n) is 7.27. The van der Waals surface area contributed by atoms with Gasteiger partial charge in [-0.1, -0.05) is 204 Å².